The smallest absolute Gasteiger partial charge is 0.222 e. The van der Waals surface area contributed by atoms with Crippen molar-refractivity contribution in [1.82, 2.24) is 4.90 Å². The van der Waals surface area contributed by atoms with Gasteiger partial charge in [0, 0.05) is 25.6 Å². The van der Waals surface area contributed by atoms with E-state index in [9.17, 15) is 4.79 Å². The second kappa shape index (κ2) is 5.17. The molecule has 0 aromatic carbocycles. The molecule has 3 nitrogen and oxygen atoms in total. The molecule has 2 N–H and O–H groups in total. The van der Waals surface area contributed by atoms with Gasteiger partial charge in [-0.05, 0) is 31.1 Å². The quantitative estimate of drug-likeness (QED) is 0.794. The molecule has 2 fully saturated rings. The second-order valence-corrected chi connectivity index (χ2v) is 5.46. The van der Waals surface area contributed by atoms with Gasteiger partial charge in [-0.25, -0.2) is 0 Å². The van der Waals surface area contributed by atoms with Gasteiger partial charge < -0.3 is 10.6 Å². The highest BCUT2D eigenvalue weighted by molar-refractivity contribution is 5.76. The Morgan fingerprint density at radius 1 is 1.38 bits per heavy atom. The number of likely N-dealkylation sites (tertiary alicyclic amines) is 1. The summed E-state index contributed by atoms with van der Waals surface area (Å²) in [5, 5.41) is 0. The Balaban J connectivity index is 1.80. The number of carbonyl (C=O) groups excluding carboxylic acids is 1. The van der Waals surface area contributed by atoms with Crippen LogP contribution in [0.3, 0.4) is 0 Å². The SMILES string of the molecule is CCC1CCN(C(=O)C[C@@H]2CCC[C@H]2N)C1. The molecule has 1 aliphatic carbocycles. The fourth-order valence-electron chi connectivity index (χ4n) is 3.06. The third-order valence-corrected chi connectivity index (χ3v) is 4.37. The van der Waals surface area contributed by atoms with E-state index in [0.29, 0.717) is 18.2 Å². The third kappa shape index (κ3) is 2.57. The lowest BCUT2D eigenvalue weighted by Gasteiger charge is -2.20. The highest BCUT2D eigenvalue weighted by Gasteiger charge is 2.30. The maximum atomic E-state index is 12.1. The Kier molecular flexibility index (Phi) is 3.85. The van der Waals surface area contributed by atoms with Crippen LogP contribution < -0.4 is 5.73 Å². The Bertz CT molecular complexity index is 254. The molecule has 2 rings (SSSR count). The molecule has 1 amide bonds. The van der Waals surface area contributed by atoms with Crippen LogP contribution in [0, 0.1) is 11.8 Å². The molecule has 3 heteroatoms. The van der Waals surface area contributed by atoms with Crippen molar-refractivity contribution in [3.8, 4) is 0 Å². The van der Waals surface area contributed by atoms with E-state index in [4.69, 9.17) is 5.73 Å². The highest BCUT2D eigenvalue weighted by Crippen LogP contribution is 2.28. The molecule has 2 aliphatic rings. The van der Waals surface area contributed by atoms with E-state index in [1.54, 1.807) is 0 Å². The largest absolute Gasteiger partial charge is 0.342 e. The van der Waals surface area contributed by atoms with Crippen molar-refractivity contribution < 1.29 is 4.79 Å². The third-order valence-electron chi connectivity index (χ3n) is 4.37. The van der Waals surface area contributed by atoms with Gasteiger partial charge in [-0.15, -0.1) is 0 Å². The number of hydrogen-bond donors (Lipinski definition) is 1. The first-order chi connectivity index (χ1) is 7.70. The first-order valence-electron chi connectivity index (χ1n) is 6.74. The summed E-state index contributed by atoms with van der Waals surface area (Å²) in [6, 6.07) is 0.272. The average molecular weight is 224 g/mol. The lowest BCUT2D eigenvalue weighted by atomic mass is 9.99. The number of rotatable bonds is 3. The minimum absolute atomic E-state index is 0.272. The number of nitrogens with two attached hydrogens (primary N) is 1. The van der Waals surface area contributed by atoms with Crippen molar-refractivity contribution in [1.29, 1.82) is 0 Å². The normalized spacial score (nSPS) is 34.6. The Hall–Kier alpha value is -0.570. The molecule has 0 spiro atoms. The predicted molar refractivity (Wildman–Crippen MR) is 64.9 cm³/mol. The summed E-state index contributed by atoms with van der Waals surface area (Å²) in [4.78, 5) is 14.1. The van der Waals surface area contributed by atoms with E-state index >= 15 is 0 Å². The maximum absolute atomic E-state index is 12.1. The van der Waals surface area contributed by atoms with Gasteiger partial charge in [0.1, 0.15) is 0 Å². The second-order valence-electron chi connectivity index (χ2n) is 5.46. The molecule has 0 bridgehead atoms. The van der Waals surface area contributed by atoms with E-state index in [-0.39, 0.29) is 6.04 Å². The lowest BCUT2D eigenvalue weighted by Crippen LogP contribution is -2.34. The minimum atomic E-state index is 0.272. The van der Waals surface area contributed by atoms with Crippen LogP contribution in [0.5, 0.6) is 0 Å². The summed E-state index contributed by atoms with van der Waals surface area (Å²) in [5.74, 6) is 1.53. The summed E-state index contributed by atoms with van der Waals surface area (Å²) >= 11 is 0. The lowest BCUT2D eigenvalue weighted by molar-refractivity contribution is -0.131. The summed E-state index contributed by atoms with van der Waals surface area (Å²) in [6.07, 6.45) is 6.55. The Labute approximate surface area is 98.4 Å². The molecule has 1 unspecified atom stereocenters. The van der Waals surface area contributed by atoms with E-state index in [1.165, 1.54) is 19.3 Å². The first-order valence-corrected chi connectivity index (χ1v) is 6.74. The van der Waals surface area contributed by atoms with Crippen molar-refractivity contribution >= 4 is 5.91 Å². The number of carbonyl (C=O) groups is 1. The predicted octanol–water partition coefficient (Wildman–Crippen LogP) is 1.76. The summed E-state index contributed by atoms with van der Waals surface area (Å²) in [6.45, 7) is 4.17. The van der Waals surface area contributed by atoms with Gasteiger partial charge in [0.15, 0.2) is 0 Å². The van der Waals surface area contributed by atoms with Crippen LogP contribution >= 0.6 is 0 Å². The van der Waals surface area contributed by atoms with E-state index in [2.05, 4.69) is 11.8 Å². The van der Waals surface area contributed by atoms with E-state index in [0.717, 1.165) is 31.8 Å². The summed E-state index contributed by atoms with van der Waals surface area (Å²) < 4.78 is 0. The Morgan fingerprint density at radius 2 is 2.19 bits per heavy atom. The van der Waals surface area contributed by atoms with Crippen molar-refractivity contribution in [3.05, 3.63) is 0 Å². The Morgan fingerprint density at radius 3 is 2.75 bits per heavy atom. The molecule has 1 saturated heterocycles. The van der Waals surface area contributed by atoms with E-state index < -0.39 is 0 Å². The molecule has 1 aliphatic heterocycles. The van der Waals surface area contributed by atoms with Gasteiger partial charge in [-0.2, -0.15) is 0 Å². The van der Waals surface area contributed by atoms with Crippen molar-refractivity contribution in [2.75, 3.05) is 13.1 Å². The minimum Gasteiger partial charge on any atom is -0.342 e. The van der Waals surface area contributed by atoms with Crippen LogP contribution in [0.25, 0.3) is 0 Å². The molecule has 0 aromatic heterocycles. The zero-order chi connectivity index (χ0) is 11.5. The van der Waals surface area contributed by atoms with Crippen LogP contribution in [-0.4, -0.2) is 29.9 Å². The fraction of sp³-hybridized carbons (Fsp3) is 0.923. The van der Waals surface area contributed by atoms with Gasteiger partial charge in [0.05, 0.1) is 0 Å². The fourth-order valence-corrected chi connectivity index (χ4v) is 3.06. The monoisotopic (exact) mass is 224 g/mol. The molecular weight excluding hydrogens is 200 g/mol. The molecule has 16 heavy (non-hydrogen) atoms. The van der Waals surface area contributed by atoms with Crippen LogP contribution in [0.15, 0.2) is 0 Å². The van der Waals surface area contributed by atoms with Crippen molar-refractivity contribution in [2.45, 2.75) is 51.5 Å². The molecule has 3 atom stereocenters. The summed E-state index contributed by atoms with van der Waals surface area (Å²) in [5.41, 5.74) is 6.01. The van der Waals surface area contributed by atoms with Crippen LogP contribution in [0.2, 0.25) is 0 Å². The standard InChI is InChI=1S/C13H24N2O/c1-2-10-6-7-15(9-10)13(16)8-11-4-3-5-12(11)14/h10-12H,2-9,14H2,1H3/t10?,11-,12+/m0/s1. The van der Waals surface area contributed by atoms with Crippen LogP contribution in [-0.2, 0) is 4.79 Å². The van der Waals surface area contributed by atoms with Crippen molar-refractivity contribution in [2.24, 2.45) is 17.6 Å². The molecular formula is C13H24N2O. The molecule has 0 radical (unpaired) electrons. The number of hydrogen-bond acceptors (Lipinski definition) is 2. The van der Waals surface area contributed by atoms with Crippen molar-refractivity contribution in [3.63, 3.8) is 0 Å². The van der Waals surface area contributed by atoms with E-state index in [1.807, 2.05) is 0 Å². The molecule has 0 aromatic rings. The van der Waals surface area contributed by atoms with Crippen LogP contribution in [0.1, 0.15) is 45.4 Å². The highest BCUT2D eigenvalue weighted by atomic mass is 16.2. The van der Waals surface area contributed by atoms with Crippen LogP contribution in [0.4, 0.5) is 0 Å². The van der Waals surface area contributed by atoms with Gasteiger partial charge in [0.2, 0.25) is 5.91 Å². The molecule has 1 saturated carbocycles. The first kappa shape index (κ1) is 11.9. The van der Waals surface area contributed by atoms with Gasteiger partial charge in [-0.1, -0.05) is 19.8 Å². The number of nitrogens with zero attached hydrogens (tertiary/aromatic N) is 1. The maximum Gasteiger partial charge on any atom is 0.222 e. The molecule has 1 heterocycles. The molecule has 92 valence electrons. The zero-order valence-corrected chi connectivity index (χ0v) is 10.3. The zero-order valence-electron chi connectivity index (χ0n) is 10.3. The average Bonchev–Trinajstić information content (AvgIpc) is 2.88. The topological polar surface area (TPSA) is 46.3 Å². The van der Waals surface area contributed by atoms with Gasteiger partial charge >= 0.3 is 0 Å². The van der Waals surface area contributed by atoms with Gasteiger partial charge in [0.25, 0.3) is 0 Å². The van der Waals surface area contributed by atoms with Gasteiger partial charge in [-0.3, -0.25) is 4.79 Å². The summed E-state index contributed by atoms with van der Waals surface area (Å²) in [7, 11) is 0. The number of amides is 1.